The van der Waals surface area contributed by atoms with Crippen LogP contribution in [-0.2, 0) is 0 Å². The predicted octanol–water partition coefficient (Wildman–Crippen LogP) is 4.43. The normalized spacial score (nSPS) is 21.3. The van der Waals surface area contributed by atoms with Crippen molar-refractivity contribution in [2.45, 2.75) is 50.6 Å². The number of benzene rings is 1. The Bertz CT molecular complexity index is 1460. The second-order valence-corrected chi connectivity index (χ2v) is 9.47. The van der Waals surface area contributed by atoms with Gasteiger partial charge in [0, 0.05) is 40.9 Å². The number of carbonyl (C=O) groups is 1. The third kappa shape index (κ3) is 3.43. The van der Waals surface area contributed by atoms with Crippen LogP contribution in [0.15, 0.2) is 54.9 Å². The smallest absolute Gasteiger partial charge is 0.179 e. The lowest BCUT2D eigenvalue weighted by atomic mass is 9.85. The monoisotopic (exact) mass is 463 g/mol. The molecule has 174 valence electrons. The van der Waals surface area contributed by atoms with E-state index in [1.165, 1.54) is 6.92 Å². The van der Waals surface area contributed by atoms with E-state index in [-0.39, 0.29) is 23.8 Å². The maximum atomic E-state index is 12.7. The van der Waals surface area contributed by atoms with Crippen molar-refractivity contribution in [2.75, 3.05) is 5.73 Å². The van der Waals surface area contributed by atoms with Gasteiger partial charge < -0.3 is 10.6 Å². The van der Waals surface area contributed by atoms with Crippen LogP contribution in [0.5, 0.6) is 0 Å². The zero-order valence-electron chi connectivity index (χ0n) is 19.4. The number of hydrogen-bond acceptors (Lipinski definition) is 7. The van der Waals surface area contributed by atoms with E-state index >= 15 is 0 Å². The lowest BCUT2D eigenvalue weighted by Gasteiger charge is -2.35. The minimum absolute atomic E-state index is 0.0737. The van der Waals surface area contributed by atoms with Crippen molar-refractivity contribution in [1.29, 1.82) is 5.26 Å². The summed E-state index contributed by atoms with van der Waals surface area (Å²) in [4.78, 5) is 24.3. The van der Waals surface area contributed by atoms with Gasteiger partial charge >= 0.3 is 0 Å². The Hall–Kier alpha value is -4.25. The molecule has 4 aromatic rings. The van der Waals surface area contributed by atoms with E-state index in [0.29, 0.717) is 17.0 Å². The molecule has 2 N–H and O–H groups in total. The van der Waals surface area contributed by atoms with Gasteiger partial charge in [-0.05, 0) is 38.7 Å². The average Bonchev–Trinajstić information content (AvgIpc) is 3.41. The van der Waals surface area contributed by atoms with E-state index in [9.17, 15) is 10.1 Å². The number of rotatable bonds is 4. The largest absolute Gasteiger partial charge is 0.383 e. The Labute approximate surface area is 203 Å². The van der Waals surface area contributed by atoms with Gasteiger partial charge in [-0.1, -0.05) is 36.4 Å². The molecule has 2 fully saturated rings. The molecule has 0 aliphatic carbocycles. The molecule has 0 spiro atoms. The summed E-state index contributed by atoms with van der Waals surface area (Å²) in [6.45, 7) is 1.53. The van der Waals surface area contributed by atoms with Crippen LogP contribution in [-0.4, -0.2) is 42.3 Å². The molecule has 2 saturated heterocycles. The maximum Gasteiger partial charge on any atom is 0.179 e. The Morgan fingerprint density at radius 2 is 1.80 bits per heavy atom. The van der Waals surface area contributed by atoms with E-state index in [4.69, 9.17) is 10.7 Å². The van der Waals surface area contributed by atoms with Crippen LogP contribution in [0.4, 0.5) is 5.82 Å². The van der Waals surface area contributed by atoms with Gasteiger partial charge in [-0.3, -0.25) is 9.78 Å². The second kappa shape index (κ2) is 8.20. The average molecular weight is 464 g/mol. The van der Waals surface area contributed by atoms with Gasteiger partial charge in [0.25, 0.3) is 0 Å². The molecule has 2 aliphatic heterocycles. The standard InChI is InChI=1S/C27H25N7O/c1-16(35)24-25(19-11-20-8-9-21(12-19)33(20)15-28)32-27-22(14-31-34(27)26(24)29)18-7-10-23(30-13-18)17-5-3-2-4-6-17/h2-7,10,13-14,19-21H,8-9,11-12,29H2,1H3/t19?,20-,21?/m0/s1. The molecule has 0 radical (unpaired) electrons. The molecule has 2 bridgehead atoms. The molecule has 6 rings (SSSR count). The third-order valence-corrected chi connectivity index (χ3v) is 7.44. The fourth-order valence-electron chi connectivity index (χ4n) is 5.79. The summed E-state index contributed by atoms with van der Waals surface area (Å²) in [6, 6.07) is 14.4. The number of piperidine rings is 1. The van der Waals surface area contributed by atoms with E-state index in [0.717, 1.165) is 53.8 Å². The van der Waals surface area contributed by atoms with Crippen molar-refractivity contribution >= 4 is 17.2 Å². The van der Waals surface area contributed by atoms with Crippen molar-refractivity contribution < 1.29 is 4.79 Å². The Morgan fingerprint density at radius 3 is 2.43 bits per heavy atom. The number of nitrogens with zero attached hydrogens (tertiary/aromatic N) is 6. The number of carbonyl (C=O) groups excluding carboxylic acids is 1. The van der Waals surface area contributed by atoms with E-state index in [2.05, 4.69) is 16.3 Å². The minimum atomic E-state index is -0.118. The van der Waals surface area contributed by atoms with Crippen LogP contribution in [0, 0.1) is 11.5 Å². The number of Topliss-reactive ketones (excluding diaryl/α,β-unsaturated/α-hetero) is 1. The van der Waals surface area contributed by atoms with Crippen LogP contribution in [0.1, 0.15) is 54.6 Å². The molecule has 8 heteroatoms. The molecule has 0 amide bonds. The Kier molecular flexibility index (Phi) is 4.99. The van der Waals surface area contributed by atoms with Crippen LogP contribution in [0.25, 0.3) is 28.0 Å². The SMILES string of the molecule is CC(=O)c1c(C2CC3CC[C@@H](C2)N3C#N)nc2c(-c3ccc(-c4ccccc4)nc3)cnn2c1N. The zero-order valence-corrected chi connectivity index (χ0v) is 19.4. The number of nitriles is 1. The lowest BCUT2D eigenvalue weighted by molar-refractivity contribution is 0.101. The van der Waals surface area contributed by atoms with Crippen molar-refractivity contribution in [3.8, 4) is 28.6 Å². The van der Waals surface area contributed by atoms with Crippen molar-refractivity contribution in [1.82, 2.24) is 24.5 Å². The second-order valence-electron chi connectivity index (χ2n) is 9.47. The van der Waals surface area contributed by atoms with Gasteiger partial charge in [0.05, 0.1) is 23.1 Å². The predicted molar refractivity (Wildman–Crippen MR) is 132 cm³/mol. The Morgan fingerprint density at radius 1 is 1.06 bits per heavy atom. The van der Waals surface area contributed by atoms with Crippen LogP contribution < -0.4 is 5.73 Å². The topological polar surface area (TPSA) is 113 Å². The number of hydrogen-bond donors (Lipinski definition) is 1. The number of anilines is 1. The summed E-state index contributed by atoms with van der Waals surface area (Å²) in [7, 11) is 0. The zero-order chi connectivity index (χ0) is 24.1. The quantitative estimate of drug-likeness (QED) is 0.352. The first-order valence-corrected chi connectivity index (χ1v) is 11.9. The van der Waals surface area contributed by atoms with Gasteiger partial charge in [0.15, 0.2) is 17.6 Å². The highest BCUT2D eigenvalue weighted by molar-refractivity contribution is 6.00. The number of nitrogen functional groups attached to an aromatic ring is 1. The first-order chi connectivity index (χ1) is 17.0. The first kappa shape index (κ1) is 21.3. The highest BCUT2D eigenvalue weighted by Gasteiger charge is 2.42. The van der Waals surface area contributed by atoms with Crippen molar-refractivity contribution in [3.05, 3.63) is 66.1 Å². The summed E-state index contributed by atoms with van der Waals surface area (Å²) in [5, 5.41) is 14.0. The number of pyridine rings is 1. The molecule has 0 saturated carbocycles. The highest BCUT2D eigenvalue weighted by Crippen LogP contribution is 2.44. The maximum absolute atomic E-state index is 12.7. The summed E-state index contributed by atoms with van der Waals surface area (Å²) < 4.78 is 1.56. The summed E-state index contributed by atoms with van der Waals surface area (Å²) in [5.74, 6) is 0.269. The molecule has 5 heterocycles. The highest BCUT2D eigenvalue weighted by atomic mass is 16.1. The molecule has 1 aromatic carbocycles. The van der Waals surface area contributed by atoms with Gasteiger partial charge in [-0.2, -0.15) is 14.9 Å². The Balaban J connectivity index is 1.44. The van der Waals surface area contributed by atoms with Gasteiger partial charge in [0.1, 0.15) is 5.82 Å². The summed E-state index contributed by atoms with van der Waals surface area (Å²) in [6.07, 6.45) is 9.50. The van der Waals surface area contributed by atoms with Gasteiger partial charge in [0.2, 0.25) is 0 Å². The fourth-order valence-corrected chi connectivity index (χ4v) is 5.79. The molecular formula is C27H25N7O. The van der Waals surface area contributed by atoms with Gasteiger partial charge in [-0.25, -0.2) is 4.98 Å². The minimum Gasteiger partial charge on any atom is -0.383 e. The summed E-state index contributed by atoms with van der Waals surface area (Å²) in [5.41, 5.74) is 11.9. The number of ketones is 1. The fraction of sp³-hybridized carbons (Fsp3) is 0.296. The molecule has 3 aromatic heterocycles. The molecule has 2 aliphatic rings. The number of fused-ring (bicyclic) bond motifs is 3. The molecule has 8 nitrogen and oxygen atoms in total. The van der Waals surface area contributed by atoms with E-state index in [1.807, 2.05) is 53.6 Å². The molecule has 3 atom stereocenters. The first-order valence-electron chi connectivity index (χ1n) is 11.9. The molecule has 35 heavy (non-hydrogen) atoms. The van der Waals surface area contributed by atoms with Gasteiger partial charge in [-0.15, -0.1) is 0 Å². The van der Waals surface area contributed by atoms with Crippen LogP contribution >= 0.6 is 0 Å². The number of aromatic nitrogens is 4. The summed E-state index contributed by atoms with van der Waals surface area (Å²) >= 11 is 0. The lowest BCUT2D eigenvalue weighted by Crippen LogP contribution is -2.39. The van der Waals surface area contributed by atoms with Crippen molar-refractivity contribution in [3.63, 3.8) is 0 Å². The van der Waals surface area contributed by atoms with Crippen molar-refractivity contribution in [2.24, 2.45) is 0 Å². The number of nitrogens with two attached hydrogens (primary N) is 1. The van der Waals surface area contributed by atoms with E-state index in [1.54, 1.807) is 10.7 Å². The van der Waals surface area contributed by atoms with E-state index < -0.39 is 0 Å². The molecule has 2 unspecified atom stereocenters. The molecular weight excluding hydrogens is 438 g/mol. The van der Waals surface area contributed by atoms with Crippen LogP contribution in [0.2, 0.25) is 0 Å². The third-order valence-electron chi connectivity index (χ3n) is 7.44. The van der Waals surface area contributed by atoms with Crippen LogP contribution in [0.3, 0.4) is 0 Å².